The van der Waals surface area contributed by atoms with Crippen molar-refractivity contribution in [3.8, 4) is 0 Å². The second-order valence-corrected chi connectivity index (χ2v) is 5.55. The largest absolute Gasteiger partial charge is 0.352 e. The van der Waals surface area contributed by atoms with E-state index >= 15 is 0 Å². The van der Waals surface area contributed by atoms with Crippen molar-refractivity contribution in [1.29, 1.82) is 0 Å². The fourth-order valence-electron chi connectivity index (χ4n) is 2.47. The van der Waals surface area contributed by atoms with E-state index in [1.165, 1.54) is 5.56 Å². The Morgan fingerprint density at radius 3 is 2.68 bits per heavy atom. The summed E-state index contributed by atoms with van der Waals surface area (Å²) in [4.78, 5) is 19.6. The monoisotopic (exact) mass is 293 g/mol. The van der Waals surface area contributed by atoms with E-state index in [0.717, 1.165) is 28.8 Å². The van der Waals surface area contributed by atoms with Gasteiger partial charge in [0, 0.05) is 12.1 Å². The van der Waals surface area contributed by atoms with E-state index in [4.69, 9.17) is 0 Å². The Kier molecular flexibility index (Phi) is 3.92. The highest BCUT2D eigenvalue weighted by atomic mass is 16.1. The number of hydrogen-bond donors (Lipinski definition) is 2. The Morgan fingerprint density at radius 1 is 1.14 bits per heavy atom. The van der Waals surface area contributed by atoms with Crippen molar-refractivity contribution in [2.75, 3.05) is 6.54 Å². The minimum Gasteiger partial charge on any atom is -0.352 e. The third-order valence-electron chi connectivity index (χ3n) is 3.68. The molecule has 0 bridgehead atoms. The van der Waals surface area contributed by atoms with Gasteiger partial charge in [0.25, 0.3) is 5.91 Å². The van der Waals surface area contributed by atoms with E-state index < -0.39 is 0 Å². The van der Waals surface area contributed by atoms with Crippen LogP contribution in [0, 0.1) is 13.8 Å². The molecular weight excluding hydrogens is 274 g/mol. The van der Waals surface area contributed by atoms with Gasteiger partial charge < -0.3 is 10.3 Å². The molecule has 22 heavy (non-hydrogen) atoms. The number of amides is 1. The van der Waals surface area contributed by atoms with Crippen molar-refractivity contribution in [2.45, 2.75) is 20.3 Å². The number of benzene rings is 2. The molecular formula is C18H19N3O. The van der Waals surface area contributed by atoms with Crippen molar-refractivity contribution in [2.24, 2.45) is 0 Å². The molecule has 1 heterocycles. The molecule has 0 saturated carbocycles. The third-order valence-corrected chi connectivity index (χ3v) is 3.68. The lowest BCUT2D eigenvalue weighted by molar-refractivity contribution is 0.0954. The summed E-state index contributed by atoms with van der Waals surface area (Å²) in [6, 6.07) is 13.8. The number of imidazole rings is 1. The molecule has 4 nitrogen and oxygen atoms in total. The Labute approximate surface area is 129 Å². The van der Waals surface area contributed by atoms with Gasteiger partial charge in [-0.1, -0.05) is 23.8 Å². The summed E-state index contributed by atoms with van der Waals surface area (Å²) >= 11 is 0. The van der Waals surface area contributed by atoms with E-state index in [1.54, 1.807) is 0 Å². The summed E-state index contributed by atoms with van der Waals surface area (Å²) < 4.78 is 0. The molecule has 2 aromatic carbocycles. The average Bonchev–Trinajstić information content (AvgIpc) is 2.87. The quantitative estimate of drug-likeness (QED) is 0.776. The zero-order valence-electron chi connectivity index (χ0n) is 12.8. The molecule has 0 atom stereocenters. The van der Waals surface area contributed by atoms with Crippen LogP contribution in [-0.2, 0) is 6.42 Å². The maximum Gasteiger partial charge on any atom is 0.251 e. The van der Waals surface area contributed by atoms with Crippen LogP contribution in [0.15, 0.2) is 42.5 Å². The van der Waals surface area contributed by atoms with E-state index in [1.807, 2.05) is 44.2 Å². The molecule has 0 fully saturated rings. The lowest BCUT2D eigenvalue weighted by Gasteiger charge is -2.06. The topological polar surface area (TPSA) is 57.8 Å². The number of nitrogens with zero attached hydrogens (tertiary/aromatic N) is 1. The van der Waals surface area contributed by atoms with Gasteiger partial charge in [0.05, 0.1) is 11.0 Å². The number of nitrogens with one attached hydrogen (secondary N) is 2. The van der Waals surface area contributed by atoms with Crippen LogP contribution in [0.4, 0.5) is 0 Å². The highest BCUT2D eigenvalue weighted by molar-refractivity contribution is 5.94. The summed E-state index contributed by atoms with van der Waals surface area (Å²) in [7, 11) is 0. The fraction of sp³-hybridized carbons (Fsp3) is 0.222. The predicted octanol–water partition coefficient (Wildman–Crippen LogP) is 3.15. The minimum absolute atomic E-state index is 0.0292. The molecule has 0 aliphatic rings. The van der Waals surface area contributed by atoms with Gasteiger partial charge in [-0.15, -0.1) is 0 Å². The van der Waals surface area contributed by atoms with Crippen LogP contribution in [0.25, 0.3) is 11.0 Å². The standard InChI is InChI=1S/C18H19N3O/c1-12-3-6-15(7-4-12)18(22)19-10-9-14-5-8-16-17(11-14)21-13(2)20-16/h3-8,11H,9-10H2,1-2H3,(H,19,22)(H,20,21). The van der Waals surface area contributed by atoms with Crippen LogP contribution in [0.5, 0.6) is 0 Å². The number of aromatic amines is 1. The zero-order valence-corrected chi connectivity index (χ0v) is 12.8. The Morgan fingerprint density at radius 2 is 1.91 bits per heavy atom. The second kappa shape index (κ2) is 6.02. The van der Waals surface area contributed by atoms with Crippen LogP contribution in [-0.4, -0.2) is 22.4 Å². The maximum atomic E-state index is 12.0. The average molecular weight is 293 g/mol. The van der Waals surface area contributed by atoms with Crippen molar-refractivity contribution >= 4 is 16.9 Å². The molecule has 0 radical (unpaired) electrons. The number of carbonyl (C=O) groups excluding carboxylic acids is 1. The lowest BCUT2D eigenvalue weighted by Crippen LogP contribution is -2.25. The van der Waals surface area contributed by atoms with E-state index in [9.17, 15) is 4.79 Å². The normalized spacial score (nSPS) is 10.8. The van der Waals surface area contributed by atoms with Gasteiger partial charge in [0.1, 0.15) is 5.82 Å². The zero-order chi connectivity index (χ0) is 15.5. The number of H-pyrrole nitrogens is 1. The predicted molar refractivity (Wildman–Crippen MR) is 88.0 cm³/mol. The van der Waals surface area contributed by atoms with Crippen molar-refractivity contribution in [3.05, 3.63) is 65.0 Å². The second-order valence-electron chi connectivity index (χ2n) is 5.55. The van der Waals surface area contributed by atoms with Crippen molar-refractivity contribution in [1.82, 2.24) is 15.3 Å². The molecule has 3 aromatic rings. The van der Waals surface area contributed by atoms with E-state index in [0.29, 0.717) is 12.1 Å². The first-order valence-corrected chi connectivity index (χ1v) is 7.42. The van der Waals surface area contributed by atoms with Gasteiger partial charge in [-0.2, -0.15) is 0 Å². The van der Waals surface area contributed by atoms with Gasteiger partial charge in [0.15, 0.2) is 0 Å². The molecule has 4 heteroatoms. The SMILES string of the molecule is Cc1ccc(C(=O)NCCc2ccc3nc(C)[nH]c3c2)cc1. The molecule has 1 amide bonds. The summed E-state index contributed by atoms with van der Waals surface area (Å²) in [5, 5.41) is 2.96. The van der Waals surface area contributed by atoms with Crippen molar-refractivity contribution in [3.63, 3.8) is 0 Å². The molecule has 112 valence electrons. The van der Waals surface area contributed by atoms with Gasteiger partial charge in [-0.05, 0) is 50.1 Å². The smallest absolute Gasteiger partial charge is 0.251 e. The number of aryl methyl sites for hydroxylation is 2. The van der Waals surface area contributed by atoms with Crippen LogP contribution in [0.1, 0.15) is 27.3 Å². The van der Waals surface area contributed by atoms with Crippen LogP contribution >= 0.6 is 0 Å². The first-order chi connectivity index (χ1) is 10.6. The van der Waals surface area contributed by atoms with Crippen LogP contribution in [0.3, 0.4) is 0 Å². The number of rotatable bonds is 4. The number of hydrogen-bond acceptors (Lipinski definition) is 2. The Balaban J connectivity index is 1.59. The highest BCUT2D eigenvalue weighted by Gasteiger charge is 2.05. The molecule has 0 aliphatic heterocycles. The first-order valence-electron chi connectivity index (χ1n) is 7.42. The van der Waals surface area contributed by atoms with Crippen LogP contribution in [0.2, 0.25) is 0 Å². The summed E-state index contributed by atoms with van der Waals surface area (Å²) in [6.07, 6.45) is 0.797. The van der Waals surface area contributed by atoms with Crippen molar-refractivity contribution < 1.29 is 4.79 Å². The molecule has 0 aliphatic carbocycles. The number of aromatic nitrogens is 2. The summed E-state index contributed by atoms with van der Waals surface area (Å²) in [5.74, 6) is 0.887. The van der Waals surface area contributed by atoms with E-state index in [-0.39, 0.29) is 5.91 Å². The van der Waals surface area contributed by atoms with Crippen LogP contribution < -0.4 is 5.32 Å². The highest BCUT2D eigenvalue weighted by Crippen LogP contribution is 2.13. The molecule has 0 saturated heterocycles. The third kappa shape index (κ3) is 3.17. The Bertz CT molecular complexity index is 803. The van der Waals surface area contributed by atoms with Gasteiger partial charge in [-0.25, -0.2) is 4.98 Å². The molecule has 3 rings (SSSR count). The number of fused-ring (bicyclic) bond motifs is 1. The van der Waals surface area contributed by atoms with Gasteiger partial charge in [0.2, 0.25) is 0 Å². The molecule has 0 spiro atoms. The van der Waals surface area contributed by atoms with Gasteiger partial charge >= 0.3 is 0 Å². The van der Waals surface area contributed by atoms with Gasteiger partial charge in [-0.3, -0.25) is 4.79 Å². The molecule has 2 N–H and O–H groups in total. The maximum absolute atomic E-state index is 12.0. The number of carbonyl (C=O) groups is 1. The first kappa shape index (κ1) is 14.3. The summed E-state index contributed by atoms with van der Waals surface area (Å²) in [6.45, 7) is 4.57. The van der Waals surface area contributed by atoms with E-state index in [2.05, 4.69) is 27.4 Å². The molecule has 0 unspecified atom stereocenters. The molecule has 1 aromatic heterocycles. The summed E-state index contributed by atoms with van der Waals surface area (Å²) in [5.41, 5.74) is 5.05. The minimum atomic E-state index is -0.0292. The fourth-order valence-corrected chi connectivity index (χ4v) is 2.47. The Hall–Kier alpha value is -2.62. The lowest BCUT2D eigenvalue weighted by atomic mass is 10.1.